The molecule has 0 spiro atoms. The summed E-state index contributed by atoms with van der Waals surface area (Å²) in [7, 11) is 0. The summed E-state index contributed by atoms with van der Waals surface area (Å²) in [5.41, 5.74) is 5.35. The summed E-state index contributed by atoms with van der Waals surface area (Å²) in [5.74, 6) is -3.44. The topological polar surface area (TPSA) is 159 Å². The van der Waals surface area contributed by atoms with Gasteiger partial charge in [0.2, 0.25) is 11.8 Å². The molecule has 148 valence electrons. The van der Waals surface area contributed by atoms with Gasteiger partial charge in [0, 0.05) is 21.5 Å². The average molecular weight is 462 g/mol. The number of nitrogens with two attached hydrogens (primary N) is 1. The molecule has 0 aliphatic rings. The molecule has 0 aromatic heterocycles. The first-order chi connectivity index (χ1) is 12.7. The highest BCUT2D eigenvalue weighted by molar-refractivity contribution is 9.10. The van der Waals surface area contributed by atoms with Crippen molar-refractivity contribution < 1.29 is 29.4 Å². The second-order valence-corrected chi connectivity index (χ2v) is 7.49. The second kappa shape index (κ2) is 11.6. The fourth-order valence-corrected chi connectivity index (χ4v) is 3.04. The van der Waals surface area contributed by atoms with E-state index in [9.17, 15) is 19.2 Å². The Balaban J connectivity index is 2.67. The zero-order valence-corrected chi connectivity index (χ0v) is 16.6. The maximum Gasteiger partial charge on any atom is 0.322 e. The van der Waals surface area contributed by atoms with Crippen LogP contribution in [0.15, 0.2) is 33.6 Å². The first kappa shape index (κ1) is 22.9. The monoisotopic (exact) mass is 461 g/mol. The normalized spacial score (nSPS) is 12.7. The van der Waals surface area contributed by atoms with Crippen LogP contribution >= 0.6 is 27.7 Å². The number of hydrogen-bond donors (Lipinski definition) is 5. The minimum absolute atomic E-state index is 0.0789. The van der Waals surface area contributed by atoms with Crippen molar-refractivity contribution in [1.29, 1.82) is 0 Å². The predicted octanol–water partition coefficient (Wildman–Crippen LogP) is 0.419. The zero-order valence-electron chi connectivity index (χ0n) is 14.2. The van der Waals surface area contributed by atoms with E-state index in [1.165, 1.54) is 11.8 Å². The molecule has 0 radical (unpaired) electrons. The fourth-order valence-electron chi connectivity index (χ4n) is 1.86. The van der Waals surface area contributed by atoms with Crippen molar-refractivity contribution in [3.63, 3.8) is 0 Å². The highest BCUT2D eigenvalue weighted by Crippen LogP contribution is 2.21. The Bertz CT molecular complexity index is 685. The molecule has 0 aliphatic heterocycles. The molecule has 2 amide bonds. The number of aliphatic carboxylic acids is 2. The van der Waals surface area contributed by atoms with Crippen LogP contribution in [0.4, 0.5) is 0 Å². The van der Waals surface area contributed by atoms with E-state index in [1.807, 2.05) is 24.3 Å². The molecule has 2 atom stereocenters. The van der Waals surface area contributed by atoms with Crippen LogP contribution in [0, 0.1) is 0 Å². The third kappa shape index (κ3) is 9.40. The van der Waals surface area contributed by atoms with Crippen molar-refractivity contribution in [3.05, 3.63) is 28.7 Å². The van der Waals surface area contributed by atoms with Gasteiger partial charge in [0.25, 0.3) is 0 Å². The first-order valence-corrected chi connectivity index (χ1v) is 9.62. The van der Waals surface area contributed by atoms with Gasteiger partial charge in [-0.15, -0.1) is 11.8 Å². The van der Waals surface area contributed by atoms with Crippen molar-refractivity contribution in [2.75, 3.05) is 12.3 Å². The van der Waals surface area contributed by atoms with E-state index >= 15 is 0 Å². The Morgan fingerprint density at radius 3 is 2.33 bits per heavy atom. The van der Waals surface area contributed by atoms with E-state index in [4.69, 9.17) is 15.9 Å². The van der Waals surface area contributed by atoms with Crippen molar-refractivity contribution in [1.82, 2.24) is 10.6 Å². The Morgan fingerprint density at radius 1 is 1.15 bits per heavy atom. The summed E-state index contributed by atoms with van der Waals surface area (Å²) >= 11 is 4.63. The van der Waals surface area contributed by atoms with Gasteiger partial charge < -0.3 is 26.6 Å². The predicted molar refractivity (Wildman–Crippen MR) is 102 cm³/mol. The van der Waals surface area contributed by atoms with Crippen LogP contribution in [0.3, 0.4) is 0 Å². The van der Waals surface area contributed by atoms with E-state index in [-0.39, 0.29) is 18.6 Å². The molecule has 0 aliphatic carbocycles. The Labute approximate surface area is 168 Å². The van der Waals surface area contributed by atoms with Crippen LogP contribution in [-0.4, -0.2) is 58.3 Å². The molecule has 1 rings (SSSR count). The quantitative estimate of drug-likeness (QED) is 0.296. The summed E-state index contributed by atoms with van der Waals surface area (Å²) in [4.78, 5) is 46.4. The van der Waals surface area contributed by atoms with E-state index in [2.05, 4.69) is 26.6 Å². The lowest BCUT2D eigenvalue weighted by Crippen LogP contribution is -2.49. The van der Waals surface area contributed by atoms with Crippen LogP contribution < -0.4 is 16.4 Å². The maximum atomic E-state index is 12.2. The van der Waals surface area contributed by atoms with Crippen LogP contribution in [-0.2, 0) is 19.2 Å². The lowest BCUT2D eigenvalue weighted by molar-refractivity contribution is -0.139. The molecule has 1 aromatic carbocycles. The molecule has 1 aromatic rings. The van der Waals surface area contributed by atoms with Crippen molar-refractivity contribution in [2.45, 2.75) is 29.8 Å². The Kier molecular flexibility index (Phi) is 9.83. The van der Waals surface area contributed by atoms with Crippen molar-refractivity contribution in [2.24, 2.45) is 5.73 Å². The van der Waals surface area contributed by atoms with Crippen molar-refractivity contribution >= 4 is 51.4 Å². The highest BCUT2D eigenvalue weighted by atomic mass is 79.9. The highest BCUT2D eigenvalue weighted by Gasteiger charge is 2.22. The molecule has 0 heterocycles. The third-order valence-corrected chi connectivity index (χ3v) is 4.93. The smallest absolute Gasteiger partial charge is 0.322 e. The standard InChI is InChI=1S/C16H20BrN3O6S/c17-9-1-3-10(4-2-9)27-8-12(15(24)19-7-14(22)23)20-13(21)6-5-11(18)16(25)26/h1-4,11-12H,5-8,18H2,(H,19,24)(H,20,21)(H,22,23)(H,25,26). The van der Waals surface area contributed by atoms with Crippen LogP contribution in [0.5, 0.6) is 0 Å². The fraction of sp³-hybridized carbons (Fsp3) is 0.375. The lowest BCUT2D eigenvalue weighted by Gasteiger charge is -2.18. The van der Waals surface area contributed by atoms with E-state index in [1.54, 1.807) is 0 Å². The minimum atomic E-state index is -1.22. The van der Waals surface area contributed by atoms with Crippen LogP contribution in [0.25, 0.3) is 0 Å². The summed E-state index contributed by atoms with van der Waals surface area (Å²) < 4.78 is 0.894. The number of benzene rings is 1. The summed E-state index contributed by atoms with van der Waals surface area (Å²) in [6.07, 6.45) is -0.246. The first-order valence-electron chi connectivity index (χ1n) is 7.84. The minimum Gasteiger partial charge on any atom is -0.480 e. The number of rotatable bonds is 11. The van der Waals surface area contributed by atoms with E-state index in [0.717, 1.165) is 9.37 Å². The number of carbonyl (C=O) groups excluding carboxylic acids is 2. The molecule has 6 N–H and O–H groups in total. The number of thioether (sulfide) groups is 1. The van der Waals surface area contributed by atoms with Gasteiger partial charge in [-0.25, -0.2) is 0 Å². The number of hydrogen-bond acceptors (Lipinski definition) is 6. The second-order valence-electron chi connectivity index (χ2n) is 5.48. The third-order valence-electron chi connectivity index (χ3n) is 3.30. The summed E-state index contributed by atoms with van der Waals surface area (Å²) in [6.45, 7) is -0.571. The van der Waals surface area contributed by atoms with Gasteiger partial charge >= 0.3 is 11.9 Å². The van der Waals surface area contributed by atoms with Gasteiger partial charge in [0.05, 0.1) is 0 Å². The number of halogens is 1. The average Bonchev–Trinajstić information content (AvgIpc) is 2.62. The lowest BCUT2D eigenvalue weighted by atomic mass is 10.1. The largest absolute Gasteiger partial charge is 0.480 e. The SMILES string of the molecule is NC(CCC(=O)NC(CSc1ccc(Br)cc1)C(=O)NCC(=O)O)C(=O)O. The summed E-state index contributed by atoms with van der Waals surface area (Å²) in [6, 6.07) is 5.16. The molecule has 2 unspecified atom stereocenters. The molecule has 27 heavy (non-hydrogen) atoms. The number of amides is 2. The number of carboxylic acid groups (broad SMARTS) is 2. The van der Waals surface area contributed by atoms with E-state index in [0.29, 0.717) is 0 Å². The molecular formula is C16H20BrN3O6S. The Hall–Kier alpha value is -2.11. The number of nitrogens with one attached hydrogen (secondary N) is 2. The molecule has 0 saturated heterocycles. The molecule has 9 nitrogen and oxygen atoms in total. The van der Waals surface area contributed by atoms with Gasteiger partial charge in [-0.05, 0) is 30.7 Å². The number of carbonyl (C=O) groups is 4. The van der Waals surface area contributed by atoms with Crippen LogP contribution in [0.1, 0.15) is 12.8 Å². The molecular weight excluding hydrogens is 442 g/mol. The van der Waals surface area contributed by atoms with Gasteiger partial charge in [0.1, 0.15) is 18.6 Å². The number of carboxylic acids is 2. The molecule has 0 saturated carbocycles. The Morgan fingerprint density at radius 2 is 1.78 bits per heavy atom. The molecule has 11 heteroatoms. The zero-order chi connectivity index (χ0) is 20.4. The van der Waals surface area contributed by atoms with Gasteiger partial charge in [-0.3, -0.25) is 19.2 Å². The summed E-state index contributed by atoms with van der Waals surface area (Å²) in [5, 5.41) is 22.1. The molecule has 0 bridgehead atoms. The maximum absolute atomic E-state index is 12.2. The van der Waals surface area contributed by atoms with Gasteiger partial charge in [-0.2, -0.15) is 0 Å². The van der Waals surface area contributed by atoms with Gasteiger partial charge in [0.15, 0.2) is 0 Å². The van der Waals surface area contributed by atoms with Gasteiger partial charge in [-0.1, -0.05) is 15.9 Å². The van der Waals surface area contributed by atoms with Crippen molar-refractivity contribution in [3.8, 4) is 0 Å². The van der Waals surface area contributed by atoms with Crippen LogP contribution in [0.2, 0.25) is 0 Å². The van der Waals surface area contributed by atoms with E-state index < -0.39 is 42.4 Å². The molecule has 0 fully saturated rings.